The largest absolute Gasteiger partial charge is 0.300 e. The van der Waals surface area contributed by atoms with Crippen LogP contribution in [0.2, 0.25) is 0 Å². The van der Waals surface area contributed by atoms with Gasteiger partial charge in [-0.1, -0.05) is 12.5 Å². The van der Waals surface area contributed by atoms with E-state index >= 15 is 0 Å². The Labute approximate surface area is 100 Å². The van der Waals surface area contributed by atoms with Crippen molar-refractivity contribution in [3.05, 3.63) is 35.4 Å². The highest BCUT2D eigenvalue weighted by Gasteiger charge is 2.32. The van der Waals surface area contributed by atoms with E-state index in [1.807, 2.05) is 0 Å². The Bertz CT molecular complexity index is 415. The summed E-state index contributed by atoms with van der Waals surface area (Å²) in [4.78, 5) is 2.47. The maximum atomic E-state index is 13.7. The maximum absolute atomic E-state index is 13.7. The standard InChI is InChI=1S/C14H17F2N/c15-11-4-5-13(14(16)8-11)10-6-7-17(9-10)12-2-1-3-12/h4-5,8,10,12H,1-3,6-7,9H2. The predicted molar refractivity (Wildman–Crippen MR) is 62.9 cm³/mol. The number of hydrogen-bond acceptors (Lipinski definition) is 1. The minimum Gasteiger partial charge on any atom is -0.300 e. The highest BCUT2D eigenvalue weighted by molar-refractivity contribution is 5.24. The first-order chi connectivity index (χ1) is 8.24. The monoisotopic (exact) mass is 237 g/mol. The molecule has 17 heavy (non-hydrogen) atoms. The van der Waals surface area contributed by atoms with Gasteiger partial charge in [-0.25, -0.2) is 8.78 Å². The van der Waals surface area contributed by atoms with Gasteiger partial charge in [0.25, 0.3) is 0 Å². The molecule has 0 bridgehead atoms. The number of hydrogen-bond donors (Lipinski definition) is 0. The molecule has 1 saturated carbocycles. The van der Waals surface area contributed by atoms with Gasteiger partial charge in [0.1, 0.15) is 11.6 Å². The summed E-state index contributed by atoms with van der Waals surface area (Å²) in [6.07, 6.45) is 4.91. The molecule has 1 saturated heterocycles. The zero-order chi connectivity index (χ0) is 11.8. The summed E-state index contributed by atoms with van der Waals surface area (Å²) < 4.78 is 26.5. The van der Waals surface area contributed by atoms with Crippen LogP contribution in [0.3, 0.4) is 0 Å². The van der Waals surface area contributed by atoms with Crippen molar-refractivity contribution in [3.63, 3.8) is 0 Å². The number of nitrogens with zero attached hydrogens (tertiary/aromatic N) is 1. The van der Waals surface area contributed by atoms with Crippen LogP contribution >= 0.6 is 0 Å². The van der Waals surface area contributed by atoms with Crippen LogP contribution in [0, 0.1) is 11.6 Å². The molecule has 0 spiro atoms. The first kappa shape index (κ1) is 11.1. The fraction of sp³-hybridized carbons (Fsp3) is 0.571. The van der Waals surface area contributed by atoms with Crippen molar-refractivity contribution in [2.45, 2.75) is 37.6 Å². The summed E-state index contributed by atoms with van der Waals surface area (Å²) in [7, 11) is 0. The molecule has 1 aliphatic carbocycles. The quantitative estimate of drug-likeness (QED) is 0.762. The topological polar surface area (TPSA) is 3.24 Å². The van der Waals surface area contributed by atoms with Gasteiger partial charge >= 0.3 is 0 Å². The Morgan fingerprint density at radius 2 is 1.94 bits per heavy atom. The van der Waals surface area contributed by atoms with E-state index in [0.717, 1.165) is 31.6 Å². The molecule has 1 atom stereocenters. The minimum atomic E-state index is -0.486. The smallest absolute Gasteiger partial charge is 0.129 e. The SMILES string of the molecule is Fc1ccc(C2CCN(C3CCC3)C2)c(F)c1. The lowest BCUT2D eigenvalue weighted by molar-refractivity contribution is 0.157. The highest BCUT2D eigenvalue weighted by atomic mass is 19.1. The summed E-state index contributed by atoms with van der Waals surface area (Å²) in [6, 6.07) is 4.70. The number of rotatable bonds is 2. The summed E-state index contributed by atoms with van der Waals surface area (Å²) in [6.45, 7) is 2.00. The van der Waals surface area contributed by atoms with Gasteiger partial charge in [-0.3, -0.25) is 4.90 Å². The van der Waals surface area contributed by atoms with Crippen LogP contribution in [0.25, 0.3) is 0 Å². The predicted octanol–water partition coefficient (Wildman–Crippen LogP) is 3.31. The molecular weight excluding hydrogens is 220 g/mol. The molecule has 3 heteroatoms. The molecule has 0 amide bonds. The Kier molecular flexibility index (Phi) is 2.87. The molecule has 92 valence electrons. The second-order valence-corrected chi connectivity index (χ2v) is 5.23. The van der Waals surface area contributed by atoms with E-state index in [0.29, 0.717) is 5.56 Å². The van der Waals surface area contributed by atoms with Crippen LogP contribution in [0.15, 0.2) is 18.2 Å². The van der Waals surface area contributed by atoms with Crippen molar-refractivity contribution in [1.29, 1.82) is 0 Å². The van der Waals surface area contributed by atoms with Gasteiger partial charge in [0.2, 0.25) is 0 Å². The van der Waals surface area contributed by atoms with Gasteiger partial charge in [-0.05, 0) is 37.4 Å². The summed E-state index contributed by atoms with van der Waals surface area (Å²) >= 11 is 0. The van der Waals surface area contributed by atoms with Gasteiger partial charge in [0.05, 0.1) is 0 Å². The van der Waals surface area contributed by atoms with E-state index in [1.54, 1.807) is 6.07 Å². The lowest BCUT2D eigenvalue weighted by Crippen LogP contribution is -2.38. The Morgan fingerprint density at radius 3 is 2.59 bits per heavy atom. The Balaban J connectivity index is 1.72. The second-order valence-electron chi connectivity index (χ2n) is 5.23. The Hall–Kier alpha value is -0.960. The van der Waals surface area contributed by atoms with Crippen molar-refractivity contribution >= 4 is 0 Å². The second kappa shape index (κ2) is 4.37. The van der Waals surface area contributed by atoms with Crippen LogP contribution in [0.4, 0.5) is 8.78 Å². The zero-order valence-corrected chi connectivity index (χ0v) is 9.83. The van der Waals surface area contributed by atoms with E-state index in [-0.39, 0.29) is 11.7 Å². The Morgan fingerprint density at radius 1 is 1.12 bits per heavy atom. The van der Waals surface area contributed by atoms with E-state index in [2.05, 4.69) is 4.90 Å². The summed E-state index contributed by atoms with van der Waals surface area (Å²) in [5.41, 5.74) is 0.688. The van der Waals surface area contributed by atoms with Crippen LogP contribution in [-0.4, -0.2) is 24.0 Å². The lowest BCUT2D eigenvalue weighted by Gasteiger charge is -2.34. The molecule has 3 rings (SSSR count). The van der Waals surface area contributed by atoms with E-state index < -0.39 is 5.82 Å². The molecule has 1 aromatic carbocycles. The van der Waals surface area contributed by atoms with Gasteiger partial charge < -0.3 is 0 Å². The fourth-order valence-corrected chi connectivity index (χ4v) is 2.96. The van der Waals surface area contributed by atoms with Crippen LogP contribution in [0.5, 0.6) is 0 Å². The molecule has 1 nitrogen and oxygen atoms in total. The van der Waals surface area contributed by atoms with Crippen LogP contribution in [-0.2, 0) is 0 Å². The van der Waals surface area contributed by atoms with Crippen molar-refractivity contribution in [2.24, 2.45) is 0 Å². The van der Waals surface area contributed by atoms with E-state index in [4.69, 9.17) is 0 Å². The third kappa shape index (κ3) is 2.08. The van der Waals surface area contributed by atoms with Gasteiger partial charge in [-0.2, -0.15) is 0 Å². The fourth-order valence-electron chi connectivity index (χ4n) is 2.96. The number of benzene rings is 1. The van der Waals surface area contributed by atoms with Crippen LogP contribution < -0.4 is 0 Å². The molecule has 1 heterocycles. The van der Waals surface area contributed by atoms with Crippen molar-refractivity contribution in [3.8, 4) is 0 Å². The molecular formula is C14H17F2N. The normalized spacial score (nSPS) is 26.1. The van der Waals surface area contributed by atoms with Crippen molar-refractivity contribution < 1.29 is 8.78 Å². The third-order valence-electron chi connectivity index (χ3n) is 4.21. The zero-order valence-electron chi connectivity index (χ0n) is 9.83. The van der Waals surface area contributed by atoms with Crippen molar-refractivity contribution in [1.82, 2.24) is 4.90 Å². The van der Waals surface area contributed by atoms with Crippen molar-refractivity contribution in [2.75, 3.05) is 13.1 Å². The summed E-state index contributed by atoms with van der Waals surface area (Å²) in [5.74, 6) is -0.623. The molecule has 1 unspecified atom stereocenters. The number of halogens is 2. The molecule has 1 aromatic rings. The molecule has 1 aliphatic heterocycles. The first-order valence-corrected chi connectivity index (χ1v) is 6.43. The maximum Gasteiger partial charge on any atom is 0.129 e. The average molecular weight is 237 g/mol. The molecule has 0 N–H and O–H groups in total. The number of likely N-dealkylation sites (tertiary alicyclic amines) is 1. The summed E-state index contributed by atoms with van der Waals surface area (Å²) in [5, 5.41) is 0. The average Bonchev–Trinajstić information content (AvgIpc) is 2.64. The molecule has 2 aliphatic rings. The van der Waals surface area contributed by atoms with Gasteiger partial charge in [0, 0.05) is 24.6 Å². The van der Waals surface area contributed by atoms with Gasteiger partial charge in [-0.15, -0.1) is 0 Å². The lowest BCUT2D eigenvalue weighted by atomic mass is 9.91. The molecule has 2 fully saturated rings. The van der Waals surface area contributed by atoms with E-state index in [9.17, 15) is 8.78 Å². The highest BCUT2D eigenvalue weighted by Crippen LogP contribution is 2.34. The first-order valence-electron chi connectivity index (χ1n) is 6.43. The molecule has 0 radical (unpaired) electrons. The van der Waals surface area contributed by atoms with E-state index in [1.165, 1.54) is 25.3 Å². The minimum absolute atomic E-state index is 0.246. The third-order valence-corrected chi connectivity index (χ3v) is 4.21. The van der Waals surface area contributed by atoms with Crippen LogP contribution in [0.1, 0.15) is 37.2 Å². The van der Waals surface area contributed by atoms with Gasteiger partial charge in [0.15, 0.2) is 0 Å². The molecule has 0 aromatic heterocycles.